The maximum absolute atomic E-state index is 14.7. The Morgan fingerprint density at radius 1 is 1.20 bits per heavy atom. The normalized spacial score (nSPS) is 26.6. The summed E-state index contributed by atoms with van der Waals surface area (Å²) in [5.74, 6) is -1.75. The highest BCUT2D eigenvalue weighted by Crippen LogP contribution is 2.20. The Morgan fingerprint density at radius 2 is 1.98 bits per heavy atom. The average Bonchev–Trinajstić information content (AvgIpc) is 3.59. The van der Waals surface area contributed by atoms with Crippen LogP contribution in [0.3, 0.4) is 0 Å². The molecule has 5 N–H and O–H groups in total. The molecule has 1 aliphatic rings. The number of imidazole rings is 2. The first-order valence-corrected chi connectivity index (χ1v) is 13.7. The minimum atomic E-state index is -1.43. The summed E-state index contributed by atoms with van der Waals surface area (Å²) in [6.07, 6.45) is 9.09. The van der Waals surface area contributed by atoms with Crippen molar-refractivity contribution in [2.75, 3.05) is 6.54 Å². The van der Waals surface area contributed by atoms with Crippen molar-refractivity contribution in [3.8, 4) is 0 Å². The summed E-state index contributed by atoms with van der Waals surface area (Å²) in [5.41, 5.74) is 1.37. The van der Waals surface area contributed by atoms with E-state index in [1.165, 1.54) is 24.7 Å². The zero-order chi connectivity index (χ0) is 29.9. The second-order valence-electron chi connectivity index (χ2n) is 10.6. The van der Waals surface area contributed by atoms with Crippen LogP contribution < -0.4 is 10.6 Å². The van der Waals surface area contributed by atoms with Gasteiger partial charge in [0.15, 0.2) is 0 Å². The van der Waals surface area contributed by atoms with E-state index < -0.39 is 36.3 Å². The number of amides is 2. The summed E-state index contributed by atoms with van der Waals surface area (Å²) in [6, 6.07) is -1.07. The van der Waals surface area contributed by atoms with E-state index in [0.717, 1.165) is 0 Å². The van der Waals surface area contributed by atoms with Gasteiger partial charge in [0.25, 0.3) is 5.91 Å². The Balaban J connectivity index is 1.87. The third-order valence-corrected chi connectivity index (χ3v) is 6.56. The molecule has 0 fully saturated rings. The lowest BCUT2D eigenvalue weighted by atomic mass is 9.94. The highest BCUT2D eigenvalue weighted by atomic mass is 19.1. The smallest absolute Gasteiger partial charge is 0.329 e. The molecule has 3 heterocycles. The number of hydrogen-bond acceptors (Lipinski definition) is 7. The standard InChI is InChI=1S/C29H39FN6O5/c1-17(2)27-19(4)7-8-26(38)32-9-5-6-18(3)10-22(37)11-20(30)12-25-33-15-24(35-25)28(39)36-23(29(40)41-27)13-21-14-31-16-34-21/h5-8,10,14-17,19-20,22-23,27,37H,9,11-13H2,1-4H3,(H,31,34)(H,32,38)(H,33,35)(H,36,39)/b6-5?,8-7+,18-10?. The molecule has 1 aliphatic heterocycles. The number of nitrogens with zero attached hydrogens (tertiary/aromatic N) is 2. The molecule has 3 rings (SSSR count). The molecule has 0 saturated carbocycles. The number of aliphatic hydroxyl groups is 1. The fraction of sp³-hybridized carbons (Fsp3) is 0.483. The predicted molar refractivity (Wildman–Crippen MR) is 150 cm³/mol. The zero-order valence-corrected chi connectivity index (χ0v) is 23.8. The zero-order valence-electron chi connectivity index (χ0n) is 23.8. The molecular weight excluding hydrogens is 531 g/mol. The van der Waals surface area contributed by atoms with Gasteiger partial charge in [0.1, 0.15) is 29.8 Å². The van der Waals surface area contributed by atoms with Gasteiger partial charge in [-0.1, -0.05) is 50.6 Å². The molecule has 0 saturated heterocycles. The van der Waals surface area contributed by atoms with E-state index in [1.54, 1.807) is 31.3 Å². The van der Waals surface area contributed by atoms with Crippen LogP contribution in [0.4, 0.5) is 4.39 Å². The number of nitrogens with one attached hydrogen (secondary N) is 4. The second kappa shape index (κ2) is 15.1. The predicted octanol–water partition coefficient (Wildman–Crippen LogP) is 2.50. The van der Waals surface area contributed by atoms with Crippen molar-refractivity contribution >= 4 is 17.8 Å². The van der Waals surface area contributed by atoms with Gasteiger partial charge in [0, 0.05) is 43.6 Å². The molecule has 0 aromatic carbocycles. The summed E-state index contributed by atoms with van der Waals surface area (Å²) in [6.45, 7) is 7.67. The number of hydrogen-bond donors (Lipinski definition) is 5. The number of aromatic nitrogens is 4. The van der Waals surface area contributed by atoms with Crippen LogP contribution >= 0.6 is 0 Å². The van der Waals surface area contributed by atoms with Crippen LogP contribution in [0, 0.1) is 11.8 Å². The first-order chi connectivity index (χ1) is 19.5. The molecule has 5 unspecified atom stereocenters. The van der Waals surface area contributed by atoms with Crippen molar-refractivity contribution in [2.45, 2.75) is 71.4 Å². The molecule has 41 heavy (non-hydrogen) atoms. The number of allylic oxidation sites excluding steroid dienone is 2. The Hall–Kier alpha value is -4.06. The number of H-pyrrole nitrogens is 2. The van der Waals surface area contributed by atoms with Crippen molar-refractivity contribution in [1.82, 2.24) is 30.6 Å². The van der Waals surface area contributed by atoms with Crippen molar-refractivity contribution < 1.29 is 28.6 Å². The lowest BCUT2D eigenvalue weighted by Crippen LogP contribution is -2.46. The van der Waals surface area contributed by atoms with Gasteiger partial charge in [-0.25, -0.2) is 19.2 Å². The number of aliphatic hydroxyl groups excluding tert-OH is 1. The molecule has 2 bridgehead atoms. The second-order valence-corrected chi connectivity index (χ2v) is 10.6. The molecule has 222 valence electrons. The molecule has 5 atom stereocenters. The number of alkyl halides is 1. The third-order valence-electron chi connectivity index (χ3n) is 6.56. The number of fused-ring (bicyclic) bond motifs is 2. The van der Waals surface area contributed by atoms with Crippen LogP contribution in [0.5, 0.6) is 0 Å². The van der Waals surface area contributed by atoms with Gasteiger partial charge in [0.05, 0.1) is 18.6 Å². The van der Waals surface area contributed by atoms with Crippen molar-refractivity contribution in [3.05, 3.63) is 71.9 Å². The van der Waals surface area contributed by atoms with Crippen LogP contribution in [-0.4, -0.2) is 73.8 Å². The van der Waals surface area contributed by atoms with Gasteiger partial charge >= 0.3 is 5.97 Å². The number of ether oxygens (including phenoxy) is 1. The quantitative estimate of drug-likeness (QED) is 0.354. The summed E-state index contributed by atoms with van der Waals surface area (Å²) in [5, 5.41) is 15.7. The summed E-state index contributed by atoms with van der Waals surface area (Å²) in [7, 11) is 0. The molecule has 11 nitrogen and oxygen atoms in total. The van der Waals surface area contributed by atoms with E-state index in [1.807, 2.05) is 20.8 Å². The van der Waals surface area contributed by atoms with E-state index in [-0.39, 0.29) is 55.1 Å². The Morgan fingerprint density at radius 3 is 2.68 bits per heavy atom. The number of rotatable bonds is 3. The topological polar surface area (TPSA) is 162 Å². The Kier molecular flexibility index (Phi) is 11.6. The largest absolute Gasteiger partial charge is 0.460 e. The minimum absolute atomic E-state index is 0.0529. The highest BCUT2D eigenvalue weighted by Gasteiger charge is 2.30. The van der Waals surface area contributed by atoms with Crippen LogP contribution in [0.25, 0.3) is 0 Å². The van der Waals surface area contributed by atoms with E-state index in [0.29, 0.717) is 11.3 Å². The molecular formula is C29H39FN6O5. The molecule has 2 amide bonds. The first-order valence-electron chi connectivity index (χ1n) is 13.7. The third kappa shape index (κ3) is 10.1. The number of esters is 1. The number of aromatic amines is 2. The number of cyclic esters (lactones) is 1. The molecule has 2 aromatic heterocycles. The molecule has 0 spiro atoms. The fourth-order valence-corrected chi connectivity index (χ4v) is 4.49. The van der Waals surface area contributed by atoms with Gasteiger partial charge in [-0.3, -0.25) is 9.59 Å². The molecule has 0 aliphatic carbocycles. The maximum atomic E-state index is 14.7. The lowest BCUT2D eigenvalue weighted by Gasteiger charge is -2.28. The average molecular weight is 571 g/mol. The minimum Gasteiger partial charge on any atom is -0.460 e. The Labute approximate surface area is 238 Å². The van der Waals surface area contributed by atoms with Crippen molar-refractivity contribution in [1.29, 1.82) is 0 Å². The number of halogens is 1. The van der Waals surface area contributed by atoms with Crippen LogP contribution in [-0.2, 0) is 27.2 Å². The SMILES string of the molecule is CC1=CC(O)CC(F)Cc2ncc([nH]2)C(=O)NC(Cc2cnc[nH]2)C(=O)OC(C(C)C)C(C)/C=C/C(=O)NCC=C1. The van der Waals surface area contributed by atoms with Gasteiger partial charge in [-0.05, 0) is 18.9 Å². The van der Waals surface area contributed by atoms with Crippen LogP contribution in [0.2, 0.25) is 0 Å². The number of carbonyl (C=O) groups is 3. The van der Waals surface area contributed by atoms with Gasteiger partial charge in [0.2, 0.25) is 5.91 Å². The summed E-state index contributed by atoms with van der Waals surface area (Å²) >= 11 is 0. The van der Waals surface area contributed by atoms with Gasteiger partial charge in [-0.2, -0.15) is 0 Å². The van der Waals surface area contributed by atoms with Gasteiger partial charge in [-0.15, -0.1) is 0 Å². The van der Waals surface area contributed by atoms with Crippen molar-refractivity contribution in [2.24, 2.45) is 11.8 Å². The summed E-state index contributed by atoms with van der Waals surface area (Å²) in [4.78, 5) is 52.6. The summed E-state index contributed by atoms with van der Waals surface area (Å²) < 4.78 is 20.6. The van der Waals surface area contributed by atoms with E-state index >= 15 is 0 Å². The van der Waals surface area contributed by atoms with Crippen LogP contribution in [0.1, 0.15) is 56.1 Å². The first kappa shape index (κ1) is 31.5. The number of carbonyl (C=O) groups excluding carboxylic acids is 3. The van der Waals surface area contributed by atoms with Crippen LogP contribution in [0.15, 0.2) is 54.7 Å². The molecule has 0 radical (unpaired) electrons. The van der Waals surface area contributed by atoms with E-state index in [9.17, 15) is 23.9 Å². The fourth-order valence-electron chi connectivity index (χ4n) is 4.49. The molecule has 2 aromatic rings. The highest BCUT2D eigenvalue weighted by molar-refractivity contribution is 5.95. The van der Waals surface area contributed by atoms with E-state index in [2.05, 4.69) is 30.6 Å². The monoisotopic (exact) mass is 570 g/mol. The van der Waals surface area contributed by atoms with Gasteiger partial charge < -0.3 is 30.4 Å². The van der Waals surface area contributed by atoms with Crippen molar-refractivity contribution in [3.63, 3.8) is 0 Å². The van der Waals surface area contributed by atoms with E-state index in [4.69, 9.17) is 4.74 Å². The Bertz CT molecular complexity index is 1250. The molecule has 12 heteroatoms. The lowest BCUT2D eigenvalue weighted by molar-refractivity contribution is -0.155. The maximum Gasteiger partial charge on any atom is 0.329 e.